The number of pyridine rings is 1. The standard InChI is InChI=1S/C21H21ClN6O/c1-14-12-15(2)28(26-14)19-9-8-16(22)20(25-19)21(29)23-10-5-11-27-13-24-17-6-3-4-7-18(17)27/h3-4,6-9,12-13H,5,10-11H2,1-2H3,(H,23,29). The van der Waals surface area contributed by atoms with Crippen LogP contribution in [0.3, 0.4) is 0 Å². The van der Waals surface area contributed by atoms with Crippen LogP contribution in [0.5, 0.6) is 0 Å². The highest BCUT2D eigenvalue weighted by Gasteiger charge is 2.15. The minimum absolute atomic E-state index is 0.199. The van der Waals surface area contributed by atoms with Crippen LogP contribution in [0.4, 0.5) is 0 Å². The molecule has 0 saturated heterocycles. The molecule has 3 aromatic heterocycles. The van der Waals surface area contributed by atoms with Crippen molar-refractivity contribution in [2.45, 2.75) is 26.8 Å². The van der Waals surface area contributed by atoms with Crippen molar-refractivity contribution < 1.29 is 4.79 Å². The second-order valence-corrected chi connectivity index (χ2v) is 7.28. The summed E-state index contributed by atoms with van der Waals surface area (Å²) in [6.45, 7) is 5.12. The molecule has 0 aliphatic rings. The van der Waals surface area contributed by atoms with Crippen molar-refractivity contribution in [3.63, 3.8) is 0 Å². The van der Waals surface area contributed by atoms with E-state index in [2.05, 4.69) is 25.0 Å². The van der Waals surface area contributed by atoms with Gasteiger partial charge in [0.15, 0.2) is 5.82 Å². The Labute approximate surface area is 173 Å². The molecule has 1 N–H and O–H groups in total. The van der Waals surface area contributed by atoms with E-state index >= 15 is 0 Å². The van der Waals surface area contributed by atoms with Crippen molar-refractivity contribution in [1.29, 1.82) is 0 Å². The number of aryl methyl sites for hydroxylation is 3. The van der Waals surface area contributed by atoms with Gasteiger partial charge in [-0.05, 0) is 50.6 Å². The molecule has 0 radical (unpaired) electrons. The second-order valence-electron chi connectivity index (χ2n) is 6.87. The number of rotatable bonds is 6. The van der Waals surface area contributed by atoms with E-state index in [9.17, 15) is 4.79 Å². The van der Waals surface area contributed by atoms with Crippen LogP contribution in [-0.4, -0.2) is 36.8 Å². The van der Waals surface area contributed by atoms with Crippen molar-refractivity contribution in [2.75, 3.05) is 6.54 Å². The molecule has 4 rings (SSSR count). The Morgan fingerprint density at radius 1 is 1.17 bits per heavy atom. The van der Waals surface area contributed by atoms with E-state index in [0.29, 0.717) is 17.4 Å². The Hall–Kier alpha value is -3.19. The number of halogens is 1. The molecule has 8 heteroatoms. The number of hydrogen-bond donors (Lipinski definition) is 1. The molecule has 3 heterocycles. The smallest absolute Gasteiger partial charge is 0.271 e. The molecule has 0 bridgehead atoms. The first-order valence-electron chi connectivity index (χ1n) is 9.41. The Morgan fingerprint density at radius 3 is 2.79 bits per heavy atom. The van der Waals surface area contributed by atoms with Crippen LogP contribution in [0.2, 0.25) is 5.02 Å². The number of nitrogens with one attached hydrogen (secondary N) is 1. The summed E-state index contributed by atoms with van der Waals surface area (Å²) in [5.41, 5.74) is 4.08. The molecule has 0 atom stereocenters. The third-order valence-electron chi connectivity index (χ3n) is 4.66. The highest BCUT2D eigenvalue weighted by molar-refractivity contribution is 6.33. The van der Waals surface area contributed by atoms with E-state index in [1.807, 2.05) is 50.5 Å². The monoisotopic (exact) mass is 408 g/mol. The molecule has 0 saturated carbocycles. The van der Waals surface area contributed by atoms with Crippen molar-refractivity contribution in [2.24, 2.45) is 0 Å². The normalized spacial score (nSPS) is 11.1. The summed E-state index contributed by atoms with van der Waals surface area (Å²) in [5, 5.41) is 7.62. The molecule has 29 heavy (non-hydrogen) atoms. The topological polar surface area (TPSA) is 77.6 Å². The number of para-hydroxylation sites is 2. The summed E-state index contributed by atoms with van der Waals surface area (Å²) in [6.07, 6.45) is 2.59. The Morgan fingerprint density at radius 2 is 2.00 bits per heavy atom. The van der Waals surface area contributed by atoms with Gasteiger partial charge in [-0.1, -0.05) is 23.7 Å². The van der Waals surface area contributed by atoms with Gasteiger partial charge in [-0.2, -0.15) is 5.10 Å². The van der Waals surface area contributed by atoms with Crippen LogP contribution < -0.4 is 5.32 Å². The molecule has 7 nitrogen and oxygen atoms in total. The lowest BCUT2D eigenvalue weighted by atomic mass is 10.3. The molecule has 0 aliphatic heterocycles. The molecule has 1 amide bonds. The molecular formula is C21H21ClN6O. The lowest BCUT2D eigenvalue weighted by molar-refractivity contribution is 0.0948. The zero-order valence-corrected chi connectivity index (χ0v) is 17.0. The Kier molecular flexibility index (Phi) is 5.31. The fourth-order valence-electron chi connectivity index (χ4n) is 3.29. The average Bonchev–Trinajstić information content (AvgIpc) is 3.28. The van der Waals surface area contributed by atoms with Gasteiger partial charge in [-0.25, -0.2) is 14.6 Å². The molecule has 0 fully saturated rings. The van der Waals surface area contributed by atoms with E-state index in [0.717, 1.165) is 35.4 Å². The summed E-state index contributed by atoms with van der Waals surface area (Å²) < 4.78 is 3.78. The number of imidazole rings is 1. The number of benzene rings is 1. The minimum atomic E-state index is -0.297. The molecule has 148 valence electrons. The summed E-state index contributed by atoms with van der Waals surface area (Å²) in [4.78, 5) is 21.4. The molecule has 0 aliphatic carbocycles. The van der Waals surface area contributed by atoms with Crippen molar-refractivity contribution in [1.82, 2.24) is 29.6 Å². The lowest BCUT2D eigenvalue weighted by Gasteiger charge is -2.09. The van der Waals surface area contributed by atoms with Crippen molar-refractivity contribution in [3.8, 4) is 5.82 Å². The number of nitrogens with zero attached hydrogens (tertiary/aromatic N) is 5. The highest BCUT2D eigenvalue weighted by Crippen LogP contribution is 2.18. The van der Waals surface area contributed by atoms with Crippen molar-refractivity contribution >= 4 is 28.5 Å². The zero-order chi connectivity index (χ0) is 20.4. The molecule has 0 spiro atoms. The maximum Gasteiger partial charge on any atom is 0.271 e. The number of hydrogen-bond acceptors (Lipinski definition) is 4. The van der Waals surface area contributed by atoms with Crippen LogP contribution in [0, 0.1) is 13.8 Å². The maximum absolute atomic E-state index is 12.6. The number of aromatic nitrogens is 5. The summed E-state index contributed by atoms with van der Waals surface area (Å²) >= 11 is 6.22. The second kappa shape index (κ2) is 8.05. The predicted octanol–water partition coefficient (Wildman–Crippen LogP) is 3.71. The Bertz CT molecular complexity index is 1180. The van der Waals surface area contributed by atoms with Gasteiger partial charge in [0.2, 0.25) is 0 Å². The lowest BCUT2D eigenvalue weighted by Crippen LogP contribution is -2.27. The average molecular weight is 409 g/mol. The van der Waals surface area contributed by atoms with Gasteiger partial charge < -0.3 is 9.88 Å². The van der Waals surface area contributed by atoms with Crippen LogP contribution in [0.1, 0.15) is 28.3 Å². The number of amides is 1. The quantitative estimate of drug-likeness (QED) is 0.493. The van der Waals surface area contributed by atoms with Crippen LogP contribution >= 0.6 is 11.6 Å². The van der Waals surface area contributed by atoms with Gasteiger partial charge in [0.25, 0.3) is 5.91 Å². The fraction of sp³-hybridized carbons (Fsp3) is 0.238. The van der Waals surface area contributed by atoms with Gasteiger partial charge in [0, 0.05) is 18.8 Å². The third kappa shape index (κ3) is 4.00. The van der Waals surface area contributed by atoms with Crippen LogP contribution in [0.15, 0.2) is 48.8 Å². The highest BCUT2D eigenvalue weighted by atomic mass is 35.5. The van der Waals surface area contributed by atoms with E-state index in [4.69, 9.17) is 11.6 Å². The summed E-state index contributed by atoms with van der Waals surface area (Å²) in [7, 11) is 0. The fourth-order valence-corrected chi connectivity index (χ4v) is 3.48. The van der Waals surface area contributed by atoms with Gasteiger partial charge in [-0.15, -0.1) is 0 Å². The van der Waals surface area contributed by atoms with E-state index in [1.54, 1.807) is 16.8 Å². The van der Waals surface area contributed by atoms with E-state index in [1.165, 1.54) is 0 Å². The first-order valence-corrected chi connectivity index (χ1v) is 9.79. The molecule has 4 aromatic rings. The number of fused-ring (bicyclic) bond motifs is 1. The first kappa shape index (κ1) is 19.1. The van der Waals surface area contributed by atoms with Crippen LogP contribution in [0.25, 0.3) is 16.9 Å². The predicted molar refractivity (Wildman–Crippen MR) is 113 cm³/mol. The Balaban J connectivity index is 1.40. The number of carbonyl (C=O) groups is 1. The maximum atomic E-state index is 12.6. The summed E-state index contributed by atoms with van der Waals surface area (Å²) in [5.74, 6) is 0.268. The third-order valence-corrected chi connectivity index (χ3v) is 4.97. The SMILES string of the molecule is Cc1cc(C)n(-c2ccc(Cl)c(C(=O)NCCCn3cnc4ccccc43)n2)n1. The van der Waals surface area contributed by atoms with Crippen molar-refractivity contribution in [3.05, 3.63) is 70.9 Å². The van der Waals surface area contributed by atoms with E-state index < -0.39 is 0 Å². The molecular weight excluding hydrogens is 388 g/mol. The minimum Gasteiger partial charge on any atom is -0.351 e. The van der Waals surface area contributed by atoms with Gasteiger partial charge in [-0.3, -0.25) is 4.79 Å². The van der Waals surface area contributed by atoms with Gasteiger partial charge in [0.1, 0.15) is 5.69 Å². The number of carbonyl (C=O) groups excluding carboxylic acids is 1. The van der Waals surface area contributed by atoms with E-state index in [-0.39, 0.29) is 11.6 Å². The zero-order valence-electron chi connectivity index (χ0n) is 16.3. The largest absolute Gasteiger partial charge is 0.351 e. The molecule has 0 unspecified atom stereocenters. The van der Waals surface area contributed by atoms with Gasteiger partial charge in [0.05, 0.1) is 28.1 Å². The van der Waals surface area contributed by atoms with Gasteiger partial charge >= 0.3 is 0 Å². The first-order chi connectivity index (χ1) is 14.0. The molecule has 1 aromatic carbocycles. The van der Waals surface area contributed by atoms with Crippen LogP contribution in [-0.2, 0) is 6.54 Å². The summed E-state index contributed by atoms with van der Waals surface area (Å²) in [6, 6.07) is 13.4.